The van der Waals surface area contributed by atoms with E-state index in [1.807, 2.05) is 0 Å². The summed E-state index contributed by atoms with van der Waals surface area (Å²) < 4.78 is 0. The lowest BCUT2D eigenvalue weighted by atomic mass is 9.95. The smallest absolute Gasteiger partial charge is 0.315 e. The second-order valence-corrected chi connectivity index (χ2v) is 6.31. The van der Waals surface area contributed by atoms with Crippen LogP contribution < -0.4 is 21.3 Å². The second kappa shape index (κ2) is 9.90. The fourth-order valence-electron chi connectivity index (χ4n) is 3.13. The monoisotopic (exact) mass is 332 g/mol. The highest BCUT2D eigenvalue weighted by Gasteiger charge is 2.22. The molecule has 2 unspecified atom stereocenters. The van der Waals surface area contributed by atoms with Gasteiger partial charge in [-0.05, 0) is 38.3 Å². The summed E-state index contributed by atoms with van der Waals surface area (Å²) in [6.07, 6.45) is 6.66. The van der Waals surface area contributed by atoms with E-state index in [1.54, 1.807) is 0 Å². The summed E-state index contributed by atoms with van der Waals surface area (Å²) in [6, 6.07) is 0.253. The van der Waals surface area contributed by atoms with Gasteiger partial charge >= 0.3 is 6.03 Å². The Morgan fingerprint density at radius 1 is 1.09 bits per heavy atom. The SMILES string of the molecule is CC1CNCCC1NC(=O)CNC(=O)NC1CCCCC1.Cl. The van der Waals surface area contributed by atoms with Crippen molar-refractivity contribution in [1.29, 1.82) is 0 Å². The van der Waals surface area contributed by atoms with Gasteiger partial charge in [0.1, 0.15) is 0 Å². The molecule has 128 valence electrons. The summed E-state index contributed by atoms with van der Waals surface area (Å²) in [6.45, 7) is 4.04. The normalized spacial score (nSPS) is 25.7. The van der Waals surface area contributed by atoms with Gasteiger partial charge in [0.15, 0.2) is 0 Å². The summed E-state index contributed by atoms with van der Waals surface area (Å²) >= 11 is 0. The van der Waals surface area contributed by atoms with Crippen LogP contribution in [-0.2, 0) is 4.79 Å². The summed E-state index contributed by atoms with van der Waals surface area (Å²) in [5.41, 5.74) is 0. The molecule has 0 aromatic carbocycles. The Balaban J connectivity index is 0.00000242. The minimum atomic E-state index is -0.226. The predicted molar refractivity (Wildman–Crippen MR) is 89.2 cm³/mol. The maximum absolute atomic E-state index is 11.9. The van der Waals surface area contributed by atoms with Crippen molar-refractivity contribution >= 4 is 24.3 Å². The van der Waals surface area contributed by atoms with E-state index in [9.17, 15) is 9.59 Å². The van der Waals surface area contributed by atoms with Crippen molar-refractivity contribution in [3.8, 4) is 0 Å². The third-order valence-corrected chi connectivity index (χ3v) is 4.48. The Morgan fingerprint density at radius 3 is 2.50 bits per heavy atom. The number of hydrogen-bond acceptors (Lipinski definition) is 3. The number of halogens is 1. The molecule has 6 nitrogen and oxygen atoms in total. The molecule has 0 radical (unpaired) electrons. The number of amides is 3. The molecule has 1 aliphatic heterocycles. The van der Waals surface area contributed by atoms with Gasteiger partial charge in [-0.1, -0.05) is 26.2 Å². The summed E-state index contributed by atoms with van der Waals surface area (Å²) in [5.74, 6) is 0.325. The average molecular weight is 333 g/mol. The van der Waals surface area contributed by atoms with E-state index in [0.717, 1.165) is 32.4 Å². The number of rotatable bonds is 4. The highest BCUT2D eigenvalue weighted by atomic mass is 35.5. The van der Waals surface area contributed by atoms with Gasteiger partial charge < -0.3 is 21.3 Å². The molecule has 1 saturated heterocycles. The maximum atomic E-state index is 11.9. The molecule has 2 atom stereocenters. The first-order chi connectivity index (χ1) is 10.1. The third kappa shape index (κ3) is 6.40. The van der Waals surface area contributed by atoms with Crippen LogP contribution in [0.25, 0.3) is 0 Å². The van der Waals surface area contributed by atoms with Crippen LogP contribution in [0.4, 0.5) is 4.79 Å². The first-order valence-corrected chi connectivity index (χ1v) is 8.19. The molecule has 1 aliphatic carbocycles. The largest absolute Gasteiger partial charge is 0.351 e. The van der Waals surface area contributed by atoms with E-state index < -0.39 is 0 Å². The van der Waals surface area contributed by atoms with Crippen LogP contribution in [0, 0.1) is 5.92 Å². The lowest BCUT2D eigenvalue weighted by Crippen LogP contribution is -2.52. The zero-order valence-electron chi connectivity index (χ0n) is 13.3. The Labute approximate surface area is 139 Å². The lowest BCUT2D eigenvalue weighted by molar-refractivity contribution is -0.121. The molecule has 0 spiro atoms. The molecule has 2 fully saturated rings. The Bertz CT molecular complexity index is 361. The van der Waals surface area contributed by atoms with Crippen molar-refractivity contribution in [1.82, 2.24) is 21.3 Å². The molecular formula is C15H29ClN4O2. The zero-order valence-corrected chi connectivity index (χ0v) is 14.1. The number of urea groups is 1. The number of nitrogens with one attached hydrogen (secondary N) is 4. The first kappa shape index (κ1) is 19.0. The van der Waals surface area contributed by atoms with E-state index in [2.05, 4.69) is 28.2 Å². The standard InChI is InChI=1S/C15H28N4O2.ClH/c1-11-9-16-8-7-13(11)19-14(20)10-17-15(21)18-12-5-3-2-4-6-12;/h11-13,16H,2-10H2,1H3,(H,19,20)(H2,17,18,21);1H. The summed E-state index contributed by atoms with van der Waals surface area (Å²) in [4.78, 5) is 23.6. The van der Waals surface area contributed by atoms with Gasteiger partial charge in [0.05, 0.1) is 6.54 Å². The summed E-state index contributed by atoms with van der Waals surface area (Å²) in [5, 5.41) is 11.9. The van der Waals surface area contributed by atoms with Gasteiger partial charge in [-0.15, -0.1) is 12.4 Å². The molecule has 0 bridgehead atoms. The molecule has 1 saturated carbocycles. The number of carbonyl (C=O) groups is 2. The molecule has 0 aromatic heterocycles. The predicted octanol–water partition coefficient (Wildman–Crippen LogP) is 1.15. The van der Waals surface area contributed by atoms with Crippen LogP contribution in [0.3, 0.4) is 0 Å². The topological polar surface area (TPSA) is 82.3 Å². The fourth-order valence-corrected chi connectivity index (χ4v) is 3.13. The molecule has 1 heterocycles. The number of hydrogen-bond donors (Lipinski definition) is 4. The van der Waals surface area contributed by atoms with Crippen molar-refractivity contribution in [2.45, 2.75) is 57.5 Å². The van der Waals surface area contributed by atoms with Gasteiger partial charge in [-0.2, -0.15) is 0 Å². The molecule has 22 heavy (non-hydrogen) atoms. The van der Waals surface area contributed by atoms with Crippen LogP contribution >= 0.6 is 12.4 Å². The quantitative estimate of drug-likeness (QED) is 0.623. The van der Waals surface area contributed by atoms with Crippen LogP contribution in [-0.4, -0.2) is 43.7 Å². The Hall–Kier alpha value is -1.01. The molecule has 3 amide bonds. The van der Waals surface area contributed by atoms with Gasteiger partial charge in [0.2, 0.25) is 5.91 Å². The van der Waals surface area contributed by atoms with E-state index in [4.69, 9.17) is 0 Å². The lowest BCUT2D eigenvalue weighted by Gasteiger charge is -2.30. The van der Waals surface area contributed by atoms with Gasteiger partial charge in [-0.3, -0.25) is 4.79 Å². The molecule has 0 aromatic rings. The first-order valence-electron chi connectivity index (χ1n) is 8.19. The van der Waals surface area contributed by atoms with Crippen LogP contribution in [0.5, 0.6) is 0 Å². The van der Waals surface area contributed by atoms with Crippen molar-refractivity contribution in [2.24, 2.45) is 5.92 Å². The van der Waals surface area contributed by atoms with Crippen LogP contribution in [0.1, 0.15) is 45.4 Å². The van der Waals surface area contributed by atoms with Gasteiger partial charge in [-0.25, -0.2) is 4.79 Å². The van der Waals surface area contributed by atoms with Crippen molar-refractivity contribution in [3.05, 3.63) is 0 Å². The summed E-state index contributed by atoms with van der Waals surface area (Å²) in [7, 11) is 0. The molecular weight excluding hydrogens is 304 g/mol. The maximum Gasteiger partial charge on any atom is 0.315 e. The van der Waals surface area contributed by atoms with Crippen LogP contribution in [0.15, 0.2) is 0 Å². The van der Waals surface area contributed by atoms with Crippen molar-refractivity contribution in [3.63, 3.8) is 0 Å². The minimum Gasteiger partial charge on any atom is -0.351 e. The zero-order chi connectivity index (χ0) is 15.1. The fraction of sp³-hybridized carbons (Fsp3) is 0.867. The van der Waals surface area contributed by atoms with Gasteiger partial charge in [0, 0.05) is 12.1 Å². The Kier molecular flexibility index (Phi) is 8.56. The number of piperidine rings is 1. The van der Waals surface area contributed by atoms with E-state index in [-0.39, 0.29) is 43.0 Å². The second-order valence-electron chi connectivity index (χ2n) is 6.31. The molecule has 4 N–H and O–H groups in total. The molecule has 2 rings (SSSR count). The van der Waals surface area contributed by atoms with Crippen LogP contribution in [0.2, 0.25) is 0 Å². The van der Waals surface area contributed by atoms with E-state index >= 15 is 0 Å². The Morgan fingerprint density at radius 2 is 1.82 bits per heavy atom. The molecule has 2 aliphatic rings. The van der Waals surface area contributed by atoms with Crippen molar-refractivity contribution < 1.29 is 9.59 Å². The van der Waals surface area contributed by atoms with E-state index in [1.165, 1.54) is 19.3 Å². The van der Waals surface area contributed by atoms with E-state index in [0.29, 0.717) is 5.92 Å². The van der Waals surface area contributed by atoms with Gasteiger partial charge in [0.25, 0.3) is 0 Å². The highest BCUT2D eigenvalue weighted by Crippen LogP contribution is 2.17. The third-order valence-electron chi connectivity index (χ3n) is 4.48. The minimum absolute atomic E-state index is 0. The van der Waals surface area contributed by atoms with Crippen molar-refractivity contribution in [2.75, 3.05) is 19.6 Å². The molecule has 7 heteroatoms. The number of carbonyl (C=O) groups excluding carboxylic acids is 2. The highest BCUT2D eigenvalue weighted by molar-refractivity contribution is 5.85. The average Bonchev–Trinajstić information content (AvgIpc) is 2.49.